The first kappa shape index (κ1) is 23.7. The number of piperidine rings is 1. The van der Waals surface area contributed by atoms with Crippen LogP contribution in [-0.2, 0) is 17.8 Å². The average Bonchev–Trinajstić information content (AvgIpc) is 2.83. The maximum absolute atomic E-state index is 14.1. The average molecular weight is 494 g/mol. The Morgan fingerprint density at radius 1 is 1.35 bits per heavy atom. The minimum atomic E-state index is -1.03. The molecule has 2 aromatic rings. The van der Waals surface area contributed by atoms with Gasteiger partial charge in [0.1, 0.15) is 22.2 Å². The summed E-state index contributed by atoms with van der Waals surface area (Å²) >= 11 is 5.55. The molecular formula is C23H22ClF2N3O5. The minimum Gasteiger partial charge on any atom is -0.503 e. The van der Waals surface area contributed by atoms with Gasteiger partial charge in [0.25, 0.3) is 11.8 Å². The van der Waals surface area contributed by atoms with Gasteiger partial charge >= 0.3 is 0 Å². The van der Waals surface area contributed by atoms with Crippen molar-refractivity contribution in [2.75, 3.05) is 13.7 Å². The van der Waals surface area contributed by atoms with Gasteiger partial charge in [0, 0.05) is 37.3 Å². The number of aromatic hydroxyl groups is 1. The molecule has 1 saturated heterocycles. The first-order valence-electron chi connectivity index (χ1n) is 10.6. The third kappa shape index (κ3) is 3.91. The predicted molar refractivity (Wildman–Crippen MR) is 119 cm³/mol. The Bertz CT molecular complexity index is 1260. The van der Waals surface area contributed by atoms with E-state index in [0.29, 0.717) is 18.7 Å². The molecule has 0 bridgehead atoms. The number of fused-ring (bicyclic) bond motifs is 2. The van der Waals surface area contributed by atoms with Crippen molar-refractivity contribution in [1.82, 2.24) is 14.8 Å². The van der Waals surface area contributed by atoms with Gasteiger partial charge in [0.05, 0.1) is 18.9 Å². The molecule has 11 heteroatoms. The van der Waals surface area contributed by atoms with Gasteiger partial charge in [-0.05, 0) is 18.9 Å². The van der Waals surface area contributed by atoms with Crippen LogP contribution in [-0.4, -0.2) is 46.1 Å². The highest BCUT2D eigenvalue weighted by molar-refractivity contribution is 6.30. The number of nitrogens with zero attached hydrogens (tertiary/aromatic N) is 2. The Balaban J connectivity index is 1.64. The minimum absolute atomic E-state index is 0.0871. The van der Waals surface area contributed by atoms with E-state index in [9.17, 15) is 28.3 Å². The number of ether oxygens (including phenoxy) is 1. The lowest BCUT2D eigenvalue weighted by atomic mass is 9.86. The van der Waals surface area contributed by atoms with Crippen LogP contribution >= 0.6 is 11.6 Å². The van der Waals surface area contributed by atoms with Gasteiger partial charge in [-0.1, -0.05) is 24.2 Å². The number of carbonyl (C=O) groups is 2. The van der Waals surface area contributed by atoms with Gasteiger partial charge < -0.3 is 24.6 Å². The van der Waals surface area contributed by atoms with Crippen LogP contribution in [0.4, 0.5) is 8.78 Å². The van der Waals surface area contributed by atoms with E-state index in [1.165, 1.54) is 17.9 Å². The topological polar surface area (TPSA) is 101 Å². The van der Waals surface area contributed by atoms with E-state index in [2.05, 4.69) is 11.9 Å². The number of aromatic nitrogens is 1. The van der Waals surface area contributed by atoms with Crippen LogP contribution in [0.1, 0.15) is 39.3 Å². The van der Waals surface area contributed by atoms with Crippen LogP contribution in [0.2, 0.25) is 5.02 Å². The number of rotatable bonds is 5. The zero-order valence-corrected chi connectivity index (χ0v) is 19.0. The van der Waals surface area contributed by atoms with Crippen LogP contribution in [0.25, 0.3) is 0 Å². The number of hydrogen-bond acceptors (Lipinski definition) is 5. The van der Waals surface area contributed by atoms with E-state index in [1.807, 2.05) is 0 Å². The highest BCUT2D eigenvalue weighted by atomic mass is 35.5. The monoisotopic (exact) mass is 493 g/mol. The lowest BCUT2D eigenvalue weighted by Gasteiger charge is -2.45. The Morgan fingerprint density at radius 2 is 2.09 bits per heavy atom. The Kier molecular flexibility index (Phi) is 6.35. The van der Waals surface area contributed by atoms with E-state index in [4.69, 9.17) is 16.3 Å². The van der Waals surface area contributed by atoms with E-state index in [0.717, 1.165) is 18.6 Å². The van der Waals surface area contributed by atoms with Crippen molar-refractivity contribution < 1.29 is 28.2 Å². The Hall–Kier alpha value is -3.40. The van der Waals surface area contributed by atoms with E-state index in [1.54, 1.807) is 4.90 Å². The van der Waals surface area contributed by atoms with Gasteiger partial charge in [-0.25, -0.2) is 8.78 Å². The Morgan fingerprint density at radius 3 is 2.79 bits per heavy atom. The SMILES string of the molecule is C=C(OC)[C@@H]1CCCN2C(=O)c3c(O)c(=O)c(C(=O)NCc4ccc(F)c(Cl)c4F)cn3CC12. The molecule has 1 fully saturated rings. The lowest BCUT2D eigenvalue weighted by Crippen LogP contribution is -2.55. The number of nitrogens with one attached hydrogen (secondary N) is 1. The molecule has 0 aliphatic carbocycles. The molecule has 1 aromatic carbocycles. The van der Waals surface area contributed by atoms with Crippen LogP contribution in [0.5, 0.6) is 5.75 Å². The molecule has 180 valence electrons. The molecule has 1 unspecified atom stereocenters. The second-order valence-corrected chi connectivity index (χ2v) is 8.60. The smallest absolute Gasteiger partial charge is 0.274 e. The van der Waals surface area contributed by atoms with Crippen LogP contribution in [0.15, 0.2) is 35.5 Å². The summed E-state index contributed by atoms with van der Waals surface area (Å²) in [5, 5.41) is 12.2. The molecule has 0 saturated carbocycles. The van der Waals surface area contributed by atoms with Crippen LogP contribution < -0.4 is 10.7 Å². The molecule has 4 rings (SSSR count). The summed E-state index contributed by atoms with van der Waals surface area (Å²) in [5.74, 6) is -3.85. The number of halogens is 3. The summed E-state index contributed by atoms with van der Waals surface area (Å²) in [6, 6.07) is 1.75. The standard InChI is InChI=1S/C23H22ClF2N3O5/c1-11(34-2)13-4-3-7-29-16(13)10-28-9-14(20(30)21(31)19(28)23(29)33)22(32)27-8-12-5-6-15(25)17(24)18(12)26/h5-6,9,13,16,31H,1,3-4,7-8,10H2,2H3,(H,27,32)/t13-,16?/m0/s1. The summed E-state index contributed by atoms with van der Waals surface area (Å²) in [6.07, 6.45) is 2.67. The first-order valence-corrected chi connectivity index (χ1v) is 10.9. The highest BCUT2D eigenvalue weighted by Gasteiger charge is 2.42. The fraction of sp³-hybridized carbons (Fsp3) is 0.348. The summed E-state index contributed by atoms with van der Waals surface area (Å²) < 4.78 is 34.2. The lowest BCUT2D eigenvalue weighted by molar-refractivity contribution is 0.0326. The second kappa shape index (κ2) is 9.09. The number of methoxy groups -OCH3 is 1. The number of carbonyl (C=O) groups excluding carboxylic acids is 2. The molecule has 0 radical (unpaired) electrons. The second-order valence-electron chi connectivity index (χ2n) is 8.22. The van der Waals surface area contributed by atoms with Gasteiger partial charge in [0.2, 0.25) is 5.43 Å². The van der Waals surface area contributed by atoms with Gasteiger partial charge in [-0.15, -0.1) is 0 Å². The highest BCUT2D eigenvalue weighted by Crippen LogP contribution is 2.35. The summed E-state index contributed by atoms with van der Waals surface area (Å²) in [4.78, 5) is 40.1. The van der Waals surface area contributed by atoms with Crippen molar-refractivity contribution in [3.63, 3.8) is 0 Å². The quantitative estimate of drug-likeness (QED) is 0.493. The number of hydrogen-bond donors (Lipinski definition) is 2. The third-order valence-corrected chi connectivity index (χ3v) is 6.70. The van der Waals surface area contributed by atoms with Crippen molar-refractivity contribution in [2.24, 2.45) is 5.92 Å². The molecule has 34 heavy (non-hydrogen) atoms. The molecule has 1 aromatic heterocycles. The number of pyridine rings is 1. The van der Waals surface area contributed by atoms with E-state index < -0.39 is 45.2 Å². The molecular weight excluding hydrogens is 472 g/mol. The van der Waals surface area contributed by atoms with Gasteiger partial charge in [-0.2, -0.15) is 0 Å². The fourth-order valence-electron chi connectivity index (χ4n) is 4.55. The Labute approximate surface area is 198 Å². The zero-order valence-electron chi connectivity index (χ0n) is 18.2. The van der Waals surface area contributed by atoms with E-state index in [-0.39, 0.29) is 36.3 Å². The van der Waals surface area contributed by atoms with Crippen molar-refractivity contribution in [2.45, 2.75) is 32.0 Å². The summed E-state index contributed by atoms with van der Waals surface area (Å²) in [7, 11) is 1.50. The van der Waals surface area contributed by atoms with Crippen molar-refractivity contribution in [3.05, 3.63) is 74.4 Å². The zero-order chi connectivity index (χ0) is 24.7. The molecule has 2 aliphatic heterocycles. The van der Waals surface area contributed by atoms with E-state index >= 15 is 0 Å². The molecule has 2 aliphatic rings. The maximum atomic E-state index is 14.1. The van der Waals surface area contributed by atoms with Gasteiger partial charge in [-0.3, -0.25) is 14.4 Å². The van der Waals surface area contributed by atoms with Crippen LogP contribution in [0.3, 0.4) is 0 Å². The fourth-order valence-corrected chi connectivity index (χ4v) is 4.74. The normalized spacial score (nSPS) is 19.3. The molecule has 2 N–H and O–H groups in total. The summed E-state index contributed by atoms with van der Waals surface area (Å²) in [6.45, 7) is 4.21. The maximum Gasteiger partial charge on any atom is 0.274 e. The van der Waals surface area contributed by atoms with Crippen molar-refractivity contribution in [3.8, 4) is 5.75 Å². The molecule has 3 heterocycles. The van der Waals surface area contributed by atoms with Gasteiger partial charge in [0.15, 0.2) is 11.4 Å². The van der Waals surface area contributed by atoms with Crippen LogP contribution in [0, 0.1) is 17.6 Å². The number of amides is 2. The molecule has 0 spiro atoms. The first-order chi connectivity index (χ1) is 16.1. The molecule has 2 amide bonds. The molecule has 8 nitrogen and oxygen atoms in total. The van der Waals surface area contributed by atoms with Crippen molar-refractivity contribution >= 4 is 23.4 Å². The largest absolute Gasteiger partial charge is 0.503 e. The summed E-state index contributed by atoms with van der Waals surface area (Å²) in [5.41, 5.74) is -1.73. The third-order valence-electron chi connectivity index (χ3n) is 6.36. The number of benzene rings is 1. The molecule has 2 atom stereocenters. The predicted octanol–water partition coefficient (Wildman–Crippen LogP) is 2.81. The van der Waals surface area contributed by atoms with Crippen molar-refractivity contribution in [1.29, 1.82) is 0 Å².